The third kappa shape index (κ3) is 3.38. The van der Waals surface area contributed by atoms with Crippen LogP contribution in [0.4, 0.5) is 10.2 Å². The van der Waals surface area contributed by atoms with Gasteiger partial charge in [-0.3, -0.25) is 4.79 Å². The number of halogens is 1. The number of aromatic nitrogens is 1. The third-order valence-corrected chi connectivity index (χ3v) is 4.18. The molecule has 5 nitrogen and oxygen atoms in total. The van der Waals surface area contributed by atoms with Crippen molar-refractivity contribution < 1.29 is 14.3 Å². The monoisotopic (exact) mass is 329 g/mol. The summed E-state index contributed by atoms with van der Waals surface area (Å²) in [4.78, 5) is 18.2. The van der Waals surface area contributed by atoms with Gasteiger partial charge < -0.3 is 15.3 Å². The van der Waals surface area contributed by atoms with Gasteiger partial charge >= 0.3 is 0 Å². The molecule has 0 unspecified atom stereocenters. The normalized spacial score (nSPS) is 20.2. The molecule has 6 heteroatoms. The molecule has 1 amide bonds. The van der Waals surface area contributed by atoms with Gasteiger partial charge in [0.2, 0.25) is 0 Å². The van der Waals surface area contributed by atoms with Crippen LogP contribution in [0.2, 0.25) is 0 Å². The lowest BCUT2D eigenvalue weighted by Crippen LogP contribution is -2.26. The molecule has 1 aliphatic rings. The minimum Gasteiger partial charge on any atom is -0.391 e. The average molecular weight is 329 g/mol. The molecule has 1 aromatic carbocycles. The Morgan fingerprint density at radius 3 is 2.71 bits per heavy atom. The standard InChI is InChI=1S/C18H20FN3O2/c1-2-20-18(24)13-5-8-17(21-10-13)22-11-15(23)9-16(22)12-3-6-14(19)7-4-12/h3-8,10,15-16,23H,2,9,11H2,1H3,(H,20,24)/t15-,16+/m0/s1. The van der Waals surface area contributed by atoms with E-state index in [0.717, 1.165) is 5.56 Å². The Morgan fingerprint density at radius 2 is 2.08 bits per heavy atom. The summed E-state index contributed by atoms with van der Waals surface area (Å²) in [6, 6.07) is 9.73. The predicted molar refractivity (Wildman–Crippen MR) is 89.4 cm³/mol. The maximum atomic E-state index is 13.1. The Labute approximate surface area is 140 Å². The summed E-state index contributed by atoms with van der Waals surface area (Å²) in [6.45, 7) is 2.87. The lowest BCUT2D eigenvalue weighted by molar-refractivity contribution is 0.0955. The summed E-state index contributed by atoms with van der Waals surface area (Å²) in [5, 5.41) is 12.8. The number of pyridine rings is 1. The van der Waals surface area contributed by atoms with Crippen molar-refractivity contribution >= 4 is 11.7 Å². The number of anilines is 1. The number of carbonyl (C=O) groups is 1. The number of β-amino-alcohol motifs (C(OH)–C–C–N with tert-alkyl or cyclic N) is 1. The molecule has 126 valence electrons. The molecule has 0 aliphatic carbocycles. The van der Waals surface area contributed by atoms with E-state index in [1.165, 1.54) is 18.3 Å². The highest BCUT2D eigenvalue weighted by molar-refractivity contribution is 5.94. The third-order valence-electron chi connectivity index (χ3n) is 4.18. The zero-order valence-electron chi connectivity index (χ0n) is 13.4. The Hall–Kier alpha value is -2.47. The maximum Gasteiger partial charge on any atom is 0.252 e. The molecule has 2 atom stereocenters. The highest BCUT2D eigenvalue weighted by atomic mass is 19.1. The van der Waals surface area contributed by atoms with E-state index in [9.17, 15) is 14.3 Å². The van der Waals surface area contributed by atoms with Gasteiger partial charge in [-0.1, -0.05) is 12.1 Å². The highest BCUT2D eigenvalue weighted by Gasteiger charge is 2.33. The molecule has 0 bridgehead atoms. The topological polar surface area (TPSA) is 65.5 Å². The van der Waals surface area contributed by atoms with Crippen molar-refractivity contribution in [2.45, 2.75) is 25.5 Å². The maximum absolute atomic E-state index is 13.1. The first kappa shape index (κ1) is 16.4. The molecular weight excluding hydrogens is 309 g/mol. The van der Waals surface area contributed by atoms with Crippen molar-refractivity contribution in [2.24, 2.45) is 0 Å². The number of nitrogens with one attached hydrogen (secondary N) is 1. The average Bonchev–Trinajstić information content (AvgIpc) is 2.98. The molecule has 0 spiro atoms. The zero-order valence-corrected chi connectivity index (χ0v) is 13.4. The van der Waals surface area contributed by atoms with Gasteiger partial charge in [-0.15, -0.1) is 0 Å². The summed E-state index contributed by atoms with van der Waals surface area (Å²) in [6.07, 6.45) is 1.63. The van der Waals surface area contributed by atoms with E-state index in [2.05, 4.69) is 10.3 Å². The van der Waals surface area contributed by atoms with Gasteiger partial charge in [0.05, 0.1) is 17.7 Å². The first-order valence-corrected chi connectivity index (χ1v) is 8.03. The van der Waals surface area contributed by atoms with E-state index in [0.29, 0.717) is 30.9 Å². The molecule has 0 radical (unpaired) electrons. The van der Waals surface area contributed by atoms with Gasteiger partial charge in [-0.25, -0.2) is 9.37 Å². The van der Waals surface area contributed by atoms with Crippen LogP contribution < -0.4 is 10.2 Å². The molecule has 2 aromatic rings. The molecule has 0 saturated carbocycles. The van der Waals surface area contributed by atoms with Gasteiger partial charge in [0.25, 0.3) is 5.91 Å². The molecule has 24 heavy (non-hydrogen) atoms. The Morgan fingerprint density at radius 1 is 1.33 bits per heavy atom. The van der Waals surface area contributed by atoms with E-state index in [1.807, 2.05) is 11.8 Å². The number of carbonyl (C=O) groups excluding carboxylic acids is 1. The molecule has 2 heterocycles. The Bertz CT molecular complexity index is 703. The summed E-state index contributed by atoms with van der Waals surface area (Å²) in [5.74, 6) is 0.246. The molecule has 2 N–H and O–H groups in total. The van der Waals surface area contributed by atoms with Crippen molar-refractivity contribution in [3.05, 3.63) is 59.5 Å². The molecule has 1 aromatic heterocycles. The van der Waals surface area contributed by atoms with Gasteiger partial charge in [-0.05, 0) is 43.2 Å². The second kappa shape index (κ2) is 6.97. The van der Waals surface area contributed by atoms with Crippen LogP contribution in [0.3, 0.4) is 0 Å². The van der Waals surface area contributed by atoms with E-state index in [1.54, 1.807) is 24.3 Å². The quantitative estimate of drug-likeness (QED) is 0.903. The number of nitrogens with zero attached hydrogens (tertiary/aromatic N) is 2. The second-order valence-corrected chi connectivity index (χ2v) is 5.87. The fourth-order valence-corrected chi connectivity index (χ4v) is 3.02. The first-order chi connectivity index (χ1) is 11.6. The molecular formula is C18H20FN3O2. The van der Waals surface area contributed by atoms with Crippen LogP contribution in [0.1, 0.15) is 35.3 Å². The Kier molecular flexibility index (Phi) is 4.76. The van der Waals surface area contributed by atoms with Crippen LogP contribution in [0.25, 0.3) is 0 Å². The highest BCUT2D eigenvalue weighted by Crippen LogP contribution is 2.35. The van der Waals surface area contributed by atoms with Crippen LogP contribution in [0, 0.1) is 5.82 Å². The van der Waals surface area contributed by atoms with Crippen LogP contribution in [-0.2, 0) is 0 Å². The van der Waals surface area contributed by atoms with Crippen molar-refractivity contribution in [3.63, 3.8) is 0 Å². The van der Waals surface area contributed by atoms with E-state index in [-0.39, 0.29) is 17.8 Å². The SMILES string of the molecule is CCNC(=O)c1ccc(N2C[C@@H](O)C[C@@H]2c2ccc(F)cc2)nc1. The smallest absolute Gasteiger partial charge is 0.252 e. The van der Waals surface area contributed by atoms with E-state index < -0.39 is 6.10 Å². The Balaban J connectivity index is 1.83. The van der Waals surface area contributed by atoms with Crippen molar-refractivity contribution in [1.29, 1.82) is 0 Å². The number of hydrogen-bond donors (Lipinski definition) is 2. The summed E-state index contributed by atoms with van der Waals surface area (Å²) < 4.78 is 13.1. The minimum absolute atomic E-state index is 0.0663. The molecule has 1 aliphatic heterocycles. The number of benzene rings is 1. The largest absolute Gasteiger partial charge is 0.391 e. The number of aliphatic hydroxyl groups is 1. The molecule has 1 saturated heterocycles. The van der Waals surface area contributed by atoms with Crippen LogP contribution in [0.15, 0.2) is 42.6 Å². The lowest BCUT2D eigenvalue weighted by Gasteiger charge is -2.25. The summed E-state index contributed by atoms with van der Waals surface area (Å²) in [7, 11) is 0. The van der Waals surface area contributed by atoms with Gasteiger partial charge in [0, 0.05) is 19.3 Å². The number of hydrogen-bond acceptors (Lipinski definition) is 4. The fourth-order valence-electron chi connectivity index (χ4n) is 3.02. The number of aliphatic hydroxyl groups excluding tert-OH is 1. The van der Waals surface area contributed by atoms with Gasteiger partial charge in [-0.2, -0.15) is 0 Å². The number of amides is 1. The number of rotatable bonds is 4. The summed E-state index contributed by atoms with van der Waals surface area (Å²) >= 11 is 0. The zero-order chi connectivity index (χ0) is 17.1. The van der Waals surface area contributed by atoms with Gasteiger partial charge in [0.1, 0.15) is 11.6 Å². The van der Waals surface area contributed by atoms with Gasteiger partial charge in [0.15, 0.2) is 0 Å². The van der Waals surface area contributed by atoms with Crippen molar-refractivity contribution in [1.82, 2.24) is 10.3 Å². The minimum atomic E-state index is -0.468. The molecule has 1 fully saturated rings. The summed E-state index contributed by atoms with van der Waals surface area (Å²) in [5.41, 5.74) is 1.43. The first-order valence-electron chi connectivity index (χ1n) is 8.03. The second-order valence-electron chi connectivity index (χ2n) is 5.87. The van der Waals surface area contributed by atoms with Crippen LogP contribution >= 0.6 is 0 Å². The molecule has 3 rings (SSSR count). The predicted octanol–water partition coefficient (Wildman–Crippen LogP) is 2.28. The van der Waals surface area contributed by atoms with Crippen molar-refractivity contribution in [3.8, 4) is 0 Å². The van der Waals surface area contributed by atoms with E-state index >= 15 is 0 Å². The van der Waals surface area contributed by atoms with E-state index in [4.69, 9.17) is 0 Å². The lowest BCUT2D eigenvalue weighted by atomic mass is 10.0. The van der Waals surface area contributed by atoms with Crippen LogP contribution in [0.5, 0.6) is 0 Å². The fraction of sp³-hybridized carbons (Fsp3) is 0.333. The van der Waals surface area contributed by atoms with Crippen molar-refractivity contribution in [2.75, 3.05) is 18.0 Å². The van der Waals surface area contributed by atoms with Crippen LogP contribution in [-0.4, -0.2) is 35.2 Å².